The summed E-state index contributed by atoms with van der Waals surface area (Å²) >= 11 is 0. The van der Waals surface area contributed by atoms with Crippen LogP contribution in [0, 0.1) is 5.41 Å². The molecule has 0 saturated carbocycles. The van der Waals surface area contributed by atoms with Gasteiger partial charge in [0.15, 0.2) is 0 Å². The molecule has 0 unspecified atom stereocenters. The van der Waals surface area contributed by atoms with E-state index in [-0.39, 0.29) is 0 Å². The van der Waals surface area contributed by atoms with Crippen molar-refractivity contribution in [1.29, 1.82) is 0 Å². The Morgan fingerprint density at radius 2 is 1.76 bits per heavy atom. The molecular weight excluding hydrogens is 212 g/mol. The Morgan fingerprint density at radius 3 is 2.35 bits per heavy atom. The summed E-state index contributed by atoms with van der Waals surface area (Å²) in [7, 11) is 1.70. The molecule has 1 aromatic carbocycles. The van der Waals surface area contributed by atoms with Gasteiger partial charge in [-0.3, -0.25) is 0 Å². The van der Waals surface area contributed by atoms with E-state index in [0.29, 0.717) is 5.41 Å². The van der Waals surface area contributed by atoms with E-state index in [9.17, 15) is 0 Å². The van der Waals surface area contributed by atoms with Crippen LogP contribution in [0.4, 0.5) is 11.4 Å². The summed E-state index contributed by atoms with van der Waals surface area (Å²) in [5.41, 5.74) is 2.68. The second-order valence-electron chi connectivity index (χ2n) is 4.83. The highest BCUT2D eigenvalue weighted by atomic mass is 16.5. The fourth-order valence-electron chi connectivity index (χ4n) is 2.33. The van der Waals surface area contributed by atoms with E-state index in [1.165, 1.54) is 18.5 Å². The first-order valence-electron chi connectivity index (χ1n) is 6.39. The molecule has 0 aromatic heterocycles. The molecule has 94 valence electrons. The van der Waals surface area contributed by atoms with E-state index in [1.54, 1.807) is 7.11 Å². The van der Waals surface area contributed by atoms with Gasteiger partial charge in [-0.1, -0.05) is 13.8 Å². The number of benzene rings is 1. The average molecular weight is 234 g/mol. The highest BCUT2D eigenvalue weighted by Crippen LogP contribution is 2.35. The Labute approximate surface area is 104 Å². The molecule has 0 spiro atoms. The number of hydrogen-bond donors (Lipinski definition) is 2. The summed E-state index contributed by atoms with van der Waals surface area (Å²) in [6.45, 7) is 6.59. The van der Waals surface area contributed by atoms with Gasteiger partial charge in [0.05, 0.1) is 18.5 Å². The van der Waals surface area contributed by atoms with Crippen LogP contribution in [-0.4, -0.2) is 20.2 Å². The molecule has 1 heterocycles. The summed E-state index contributed by atoms with van der Waals surface area (Å²) in [4.78, 5) is 0. The normalized spacial score (nSPS) is 17.4. The number of methoxy groups -OCH3 is 1. The van der Waals surface area contributed by atoms with Crippen LogP contribution in [0.5, 0.6) is 5.75 Å². The Morgan fingerprint density at radius 1 is 1.12 bits per heavy atom. The predicted octanol–water partition coefficient (Wildman–Crippen LogP) is 3.34. The first-order valence-corrected chi connectivity index (χ1v) is 6.39. The lowest BCUT2D eigenvalue weighted by atomic mass is 9.82. The fourth-order valence-corrected chi connectivity index (χ4v) is 2.33. The van der Waals surface area contributed by atoms with Gasteiger partial charge in [0.2, 0.25) is 0 Å². The Hall–Kier alpha value is -1.38. The highest BCUT2D eigenvalue weighted by molar-refractivity contribution is 5.71. The highest BCUT2D eigenvalue weighted by Gasteiger charge is 2.28. The monoisotopic (exact) mass is 234 g/mol. The number of ether oxygens (including phenoxy) is 1. The second-order valence-corrected chi connectivity index (χ2v) is 4.83. The molecule has 1 aromatic rings. The molecule has 2 rings (SSSR count). The summed E-state index contributed by atoms with van der Waals surface area (Å²) in [6, 6.07) is 6.14. The quantitative estimate of drug-likeness (QED) is 0.841. The molecule has 3 heteroatoms. The van der Waals surface area contributed by atoms with Gasteiger partial charge in [-0.05, 0) is 25.0 Å². The van der Waals surface area contributed by atoms with Crippen molar-refractivity contribution in [2.45, 2.75) is 26.7 Å². The topological polar surface area (TPSA) is 33.3 Å². The van der Waals surface area contributed by atoms with E-state index in [4.69, 9.17) is 4.74 Å². The summed E-state index contributed by atoms with van der Waals surface area (Å²) < 4.78 is 5.26. The fraction of sp³-hybridized carbons (Fsp3) is 0.571. The van der Waals surface area contributed by atoms with Crippen molar-refractivity contribution < 1.29 is 4.74 Å². The predicted molar refractivity (Wildman–Crippen MR) is 73.0 cm³/mol. The number of nitrogens with one attached hydrogen (secondary N) is 2. The zero-order valence-corrected chi connectivity index (χ0v) is 11.0. The van der Waals surface area contributed by atoms with Crippen molar-refractivity contribution in [2.24, 2.45) is 5.41 Å². The lowest BCUT2D eigenvalue weighted by Gasteiger charge is -2.30. The lowest BCUT2D eigenvalue weighted by molar-refractivity contribution is 0.307. The standard InChI is InChI=1S/C14H22N2O/c1-4-14(5-2)9-15-12-7-6-11(17-3)8-13(12)16-10-14/h6-8,15-16H,4-5,9-10H2,1-3H3. The molecule has 0 saturated heterocycles. The number of rotatable bonds is 3. The van der Waals surface area contributed by atoms with Crippen LogP contribution in [-0.2, 0) is 0 Å². The molecule has 1 aliphatic rings. The molecule has 0 atom stereocenters. The van der Waals surface area contributed by atoms with E-state index in [1.807, 2.05) is 6.07 Å². The van der Waals surface area contributed by atoms with Crippen LogP contribution in [0.15, 0.2) is 18.2 Å². The van der Waals surface area contributed by atoms with Crippen LogP contribution in [0.1, 0.15) is 26.7 Å². The van der Waals surface area contributed by atoms with Crippen molar-refractivity contribution in [2.75, 3.05) is 30.8 Å². The minimum absolute atomic E-state index is 0.353. The zero-order chi connectivity index (χ0) is 12.3. The molecule has 2 N–H and O–H groups in total. The van der Waals surface area contributed by atoms with E-state index in [2.05, 4.69) is 36.6 Å². The maximum atomic E-state index is 5.26. The van der Waals surface area contributed by atoms with E-state index < -0.39 is 0 Å². The molecule has 0 amide bonds. The Kier molecular flexibility index (Phi) is 3.46. The van der Waals surface area contributed by atoms with Gasteiger partial charge in [0, 0.05) is 24.6 Å². The Balaban J connectivity index is 2.23. The number of anilines is 2. The molecule has 0 radical (unpaired) electrons. The molecule has 3 nitrogen and oxygen atoms in total. The number of fused-ring (bicyclic) bond motifs is 1. The van der Waals surface area contributed by atoms with Gasteiger partial charge >= 0.3 is 0 Å². The van der Waals surface area contributed by atoms with Crippen molar-refractivity contribution in [3.8, 4) is 5.75 Å². The second kappa shape index (κ2) is 4.86. The zero-order valence-electron chi connectivity index (χ0n) is 11.0. The van der Waals surface area contributed by atoms with Crippen molar-refractivity contribution in [1.82, 2.24) is 0 Å². The van der Waals surface area contributed by atoms with Crippen LogP contribution < -0.4 is 15.4 Å². The van der Waals surface area contributed by atoms with Crippen LogP contribution >= 0.6 is 0 Å². The third-order valence-electron chi connectivity index (χ3n) is 4.03. The van der Waals surface area contributed by atoms with Crippen molar-refractivity contribution in [3.05, 3.63) is 18.2 Å². The molecular formula is C14H22N2O. The summed E-state index contributed by atoms with van der Waals surface area (Å²) in [5, 5.41) is 7.10. The average Bonchev–Trinajstić information content (AvgIpc) is 2.58. The number of hydrogen-bond acceptors (Lipinski definition) is 3. The maximum absolute atomic E-state index is 5.26. The van der Waals surface area contributed by atoms with Gasteiger partial charge in [-0.15, -0.1) is 0 Å². The smallest absolute Gasteiger partial charge is 0.121 e. The molecule has 0 fully saturated rings. The van der Waals surface area contributed by atoms with Crippen molar-refractivity contribution >= 4 is 11.4 Å². The molecule has 0 bridgehead atoms. The van der Waals surface area contributed by atoms with Gasteiger partial charge < -0.3 is 15.4 Å². The van der Waals surface area contributed by atoms with Crippen molar-refractivity contribution in [3.63, 3.8) is 0 Å². The van der Waals surface area contributed by atoms with Gasteiger partial charge in [0.25, 0.3) is 0 Å². The van der Waals surface area contributed by atoms with E-state index >= 15 is 0 Å². The minimum Gasteiger partial charge on any atom is -0.497 e. The minimum atomic E-state index is 0.353. The van der Waals surface area contributed by atoms with Crippen LogP contribution in [0.25, 0.3) is 0 Å². The molecule has 17 heavy (non-hydrogen) atoms. The van der Waals surface area contributed by atoms with Crippen LogP contribution in [0.3, 0.4) is 0 Å². The van der Waals surface area contributed by atoms with E-state index in [0.717, 1.165) is 24.5 Å². The third kappa shape index (κ3) is 2.33. The SMILES string of the molecule is CCC1(CC)CNc2ccc(OC)cc2NC1. The lowest BCUT2D eigenvalue weighted by Crippen LogP contribution is -2.33. The summed E-state index contributed by atoms with van der Waals surface area (Å²) in [6.07, 6.45) is 2.38. The maximum Gasteiger partial charge on any atom is 0.121 e. The molecule has 0 aliphatic carbocycles. The summed E-state index contributed by atoms with van der Waals surface area (Å²) in [5.74, 6) is 0.901. The first-order chi connectivity index (χ1) is 8.23. The van der Waals surface area contributed by atoms with Gasteiger partial charge in [0.1, 0.15) is 5.75 Å². The largest absolute Gasteiger partial charge is 0.497 e. The van der Waals surface area contributed by atoms with Crippen LogP contribution in [0.2, 0.25) is 0 Å². The first kappa shape index (κ1) is 12.1. The Bertz CT molecular complexity index is 386. The third-order valence-corrected chi connectivity index (χ3v) is 4.03. The van der Waals surface area contributed by atoms with Gasteiger partial charge in [-0.2, -0.15) is 0 Å². The van der Waals surface area contributed by atoms with Gasteiger partial charge in [-0.25, -0.2) is 0 Å². The molecule has 1 aliphatic heterocycles.